The lowest BCUT2D eigenvalue weighted by molar-refractivity contribution is 0.887. The second-order valence-corrected chi connectivity index (χ2v) is 4.20. The van der Waals surface area contributed by atoms with Crippen LogP contribution in [0, 0.1) is 53.9 Å². The van der Waals surface area contributed by atoms with E-state index in [-0.39, 0.29) is 5.92 Å². The number of para-hydroxylation sites is 1. The predicted octanol–water partition coefficient (Wildman–Crippen LogP) is 2.22. The van der Waals surface area contributed by atoms with Crippen molar-refractivity contribution in [1.82, 2.24) is 0 Å². The summed E-state index contributed by atoms with van der Waals surface area (Å²) >= 11 is 0. The molecule has 0 bridgehead atoms. The van der Waals surface area contributed by atoms with Crippen LogP contribution in [-0.4, -0.2) is 13.6 Å². The van der Waals surface area contributed by atoms with Gasteiger partial charge >= 0.3 is 0 Å². The fourth-order valence-electron chi connectivity index (χ4n) is 2.05. The Morgan fingerprint density at radius 2 is 1.80 bits per heavy atom. The van der Waals surface area contributed by atoms with Crippen LogP contribution >= 0.6 is 0 Å². The van der Waals surface area contributed by atoms with Crippen LogP contribution in [0.25, 0.3) is 0 Å². The zero-order valence-corrected chi connectivity index (χ0v) is 11.2. The van der Waals surface area contributed by atoms with E-state index >= 15 is 0 Å². The maximum absolute atomic E-state index is 5.08. The zero-order chi connectivity index (χ0) is 14.2. The molecule has 0 N–H and O–H groups in total. The van der Waals surface area contributed by atoms with Gasteiger partial charge in [-0.05, 0) is 23.5 Å². The average Bonchev–Trinajstić information content (AvgIpc) is 2.79. The third kappa shape index (κ3) is 3.22. The average molecular weight is 254 g/mol. The van der Waals surface area contributed by atoms with E-state index < -0.39 is 0 Å². The number of nitrogens with zero attached hydrogens (tertiary/aromatic N) is 1. The van der Waals surface area contributed by atoms with E-state index in [4.69, 9.17) is 6.58 Å². The first-order chi connectivity index (χ1) is 9.83. The molecule has 1 aromatic carbocycles. The molecule has 0 aromatic heterocycles. The topological polar surface area (TPSA) is 3.24 Å². The van der Waals surface area contributed by atoms with Crippen molar-refractivity contribution in [3.05, 3.63) is 42.5 Å². The maximum Gasteiger partial charge on any atom is 0.222 e. The van der Waals surface area contributed by atoms with Gasteiger partial charge in [0.2, 0.25) is 6.08 Å². The van der Waals surface area contributed by atoms with Gasteiger partial charge in [0.15, 0.2) is 5.92 Å². The Labute approximate surface area is 120 Å². The van der Waals surface area contributed by atoms with Gasteiger partial charge in [0, 0.05) is 37.0 Å². The molecule has 0 aliphatic carbocycles. The van der Waals surface area contributed by atoms with E-state index in [0.717, 1.165) is 6.54 Å². The van der Waals surface area contributed by atoms with Crippen LogP contribution in [0.5, 0.6) is 0 Å². The van der Waals surface area contributed by atoms with Gasteiger partial charge in [0.25, 0.3) is 0 Å². The Balaban J connectivity index is 2.06. The quantitative estimate of drug-likeness (QED) is 0.507. The Morgan fingerprint density at radius 3 is 2.60 bits per heavy atom. The first-order valence-electron chi connectivity index (χ1n) is 6.17. The molecule has 1 unspecified atom stereocenters. The Morgan fingerprint density at radius 1 is 1.10 bits per heavy atom. The molecule has 92 valence electrons. The molecular formula is C19H12N+. The lowest BCUT2D eigenvalue weighted by Gasteiger charge is -2.10. The number of rotatable bonds is 0. The van der Waals surface area contributed by atoms with Gasteiger partial charge < -0.3 is 4.90 Å². The molecular weight excluding hydrogens is 242 g/mol. The second kappa shape index (κ2) is 6.74. The monoisotopic (exact) mass is 254 g/mol. The Bertz CT molecular complexity index is 755. The first kappa shape index (κ1) is 13.3. The standard InChI is InChI=1S/C19H12N/c1-3-4-5-6-7-8-9-10-13-17-16-20(2)19-15-12-11-14-18(17)19/h1,3,11-12,14-15,17H,16H2,2H3/q+1. The molecule has 1 heterocycles. The smallest absolute Gasteiger partial charge is 0.222 e. The molecule has 1 aliphatic heterocycles. The summed E-state index contributed by atoms with van der Waals surface area (Å²) in [6.45, 7) is 5.98. The van der Waals surface area contributed by atoms with Crippen molar-refractivity contribution in [2.24, 2.45) is 0 Å². The van der Waals surface area contributed by atoms with Gasteiger partial charge in [-0.1, -0.05) is 24.1 Å². The molecule has 0 saturated carbocycles. The molecule has 0 radical (unpaired) electrons. The summed E-state index contributed by atoms with van der Waals surface area (Å²) in [5.41, 5.74) is 2.51. The van der Waals surface area contributed by atoms with E-state index in [1.807, 2.05) is 12.1 Å². The van der Waals surface area contributed by atoms with Crippen molar-refractivity contribution < 1.29 is 0 Å². The van der Waals surface area contributed by atoms with Crippen molar-refractivity contribution >= 4 is 5.69 Å². The highest BCUT2D eigenvalue weighted by molar-refractivity contribution is 5.62. The highest BCUT2D eigenvalue weighted by atomic mass is 15.1. The minimum Gasteiger partial charge on any atom is -0.373 e. The molecule has 1 nitrogen and oxygen atoms in total. The van der Waals surface area contributed by atoms with Crippen molar-refractivity contribution in [2.45, 2.75) is 5.92 Å². The van der Waals surface area contributed by atoms with Gasteiger partial charge in [0.1, 0.15) is 5.92 Å². The highest BCUT2D eigenvalue weighted by Crippen LogP contribution is 2.34. The number of hydrogen-bond acceptors (Lipinski definition) is 1. The fraction of sp³-hybridized carbons (Fsp3) is 0.158. The van der Waals surface area contributed by atoms with Crippen LogP contribution in [0.2, 0.25) is 0 Å². The summed E-state index contributed by atoms with van der Waals surface area (Å²) in [7, 11) is 2.07. The molecule has 20 heavy (non-hydrogen) atoms. The van der Waals surface area contributed by atoms with Crippen LogP contribution < -0.4 is 4.90 Å². The van der Waals surface area contributed by atoms with E-state index in [1.165, 1.54) is 17.3 Å². The molecule has 0 spiro atoms. The Kier molecular flexibility index (Phi) is 4.50. The fourth-order valence-corrected chi connectivity index (χ4v) is 2.05. The highest BCUT2D eigenvalue weighted by Gasteiger charge is 2.23. The number of likely N-dealkylation sites (N-methyl/N-ethyl adjacent to an activating group) is 1. The normalized spacial score (nSPS) is 14.0. The molecule has 1 heteroatoms. The lowest BCUT2D eigenvalue weighted by Crippen LogP contribution is -2.14. The molecule has 0 fully saturated rings. The number of hydrogen-bond donors (Lipinski definition) is 0. The minimum atomic E-state index is 0.213. The van der Waals surface area contributed by atoms with Crippen LogP contribution in [-0.2, 0) is 0 Å². The molecule has 0 amide bonds. The van der Waals surface area contributed by atoms with Crippen LogP contribution in [0.15, 0.2) is 30.3 Å². The summed E-state index contributed by atoms with van der Waals surface area (Å²) in [5, 5.41) is 0. The van der Waals surface area contributed by atoms with E-state index in [2.05, 4.69) is 71.4 Å². The Hall–Kier alpha value is -3.09. The van der Waals surface area contributed by atoms with Crippen molar-refractivity contribution in [3.8, 4) is 47.4 Å². The second-order valence-electron chi connectivity index (χ2n) is 4.20. The lowest BCUT2D eigenvalue weighted by atomic mass is 10.0. The third-order valence-corrected chi connectivity index (χ3v) is 2.89. The molecule has 1 aliphatic rings. The number of anilines is 1. The predicted molar refractivity (Wildman–Crippen MR) is 82.4 cm³/mol. The summed E-state index contributed by atoms with van der Waals surface area (Å²) in [4.78, 5) is 2.21. The maximum atomic E-state index is 5.08. The number of fused-ring (bicyclic) bond motifs is 1. The van der Waals surface area contributed by atoms with Crippen LogP contribution in [0.1, 0.15) is 11.5 Å². The summed E-state index contributed by atoms with van der Waals surface area (Å²) in [6, 6.07) is 8.31. The number of allylic oxidation sites excluding steroid dienone is 1. The third-order valence-electron chi connectivity index (χ3n) is 2.89. The van der Waals surface area contributed by atoms with E-state index in [1.54, 1.807) is 0 Å². The first-order valence-corrected chi connectivity index (χ1v) is 6.17. The molecule has 1 atom stereocenters. The van der Waals surface area contributed by atoms with Gasteiger partial charge in [-0.3, -0.25) is 0 Å². The SMILES string of the molecule is [CH+]=CC#CC#CC#CC#CC1CN(C)c2ccccc21. The largest absolute Gasteiger partial charge is 0.373 e. The molecule has 0 saturated heterocycles. The van der Waals surface area contributed by atoms with Crippen LogP contribution in [0.4, 0.5) is 5.69 Å². The summed E-state index contributed by atoms with van der Waals surface area (Å²) < 4.78 is 0. The van der Waals surface area contributed by atoms with Crippen molar-refractivity contribution in [2.75, 3.05) is 18.5 Å². The van der Waals surface area contributed by atoms with Gasteiger partial charge in [-0.25, -0.2) is 0 Å². The van der Waals surface area contributed by atoms with Crippen LogP contribution in [0.3, 0.4) is 0 Å². The van der Waals surface area contributed by atoms with Gasteiger partial charge in [-0.15, -0.1) is 0 Å². The minimum absolute atomic E-state index is 0.213. The number of benzene rings is 1. The van der Waals surface area contributed by atoms with E-state index in [0.29, 0.717) is 0 Å². The molecule has 1 aromatic rings. The van der Waals surface area contributed by atoms with Gasteiger partial charge in [-0.2, -0.15) is 0 Å². The van der Waals surface area contributed by atoms with Crippen molar-refractivity contribution in [3.63, 3.8) is 0 Å². The summed E-state index contributed by atoms with van der Waals surface area (Å²) in [6.07, 6.45) is 1.25. The van der Waals surface area contributed by atoms with Crippen molar-refractivity contribution in [1.29, 1.82) is 0 Å². The molecule has 2 rings (SSSR count). The van der Waals surface area contributed by atoms with Gasteiger partial charge in [0.05, 0.1) is 12.5 Å². The summed E-state index contributed by atoms with van der Waals surface area (Å²) in [5.74, 6) is 21.8. The zero-order valence-electron chi connectivity index (χ0n) is 11.2. The van der Waals surface area contributed by atoms with E-state index in [9.17, 15) is 0 Å².